The maximum Gasteiger partial charge on any atom is 0.335 e. The number of aliphatic carboxylic acids is 1. The van der Waals surface area contributed by atoms with E-state index >= 15 is 0 Å². The number of rotatable bonds is 12. The van der Waals surface area contributed by atoms with E-state index in [1.54, 1.807) is 0 Å². The Morgan fingerprint density at radius 3 is 1.70 bits per heavy atom. The Morgan fingerprint density at radius 2 is 1.10 bits per heavy atom. The van der Waals surface area contributed by atoms with Crippen molar-refractivity contribution in [2.45, 2.75) is 247 Å². The van der Waals surface area contributed by atoms with Gasteiger partial charge in [0.05, 0.1) is 61.9 Å². The van der Waals surface area contributed by atoms with Crippen LogP contribution in [-0.2, 0) is 42.7 Å². The first-order valence-corrected chi connectivity index (χ1v) is 28.1. The third-order valence-electron chi connectivity index (χ3n) is 21.9. The van der Waals surface area contributed by atoms with Gasteiger partial charge in [-0.05, 0) is 84.9 Å². The molecule has 0 amide bonds. The largest absolute Gasteiger partial charge is 0.479 e. The Morgan fingerprint density at radius 1 is 0.562 bits per heavy atom. The van der Waals surface area contributed by atoms with E-state index in [9.17, 15) is 91.6 Å². The molecular weight excluding hydrogens is 1060 g/mol. The SMILES string of the molecule is C[C@@H]1O[C@@H](O[C@H]2[C@H](O[C@H]3[C@H](O)[C@@H](C(=O)O)O[C@@H](O[C@H]4CC[C@]5(C)[C@H]6CC=C7[C@@H]8CC(C)(C)[C@@H](O)[C@H](O)[C@]8(CO)[C@H](O)[C@H](O)[C@@]7(C)[C@]6(C)CC[C@H]5C4(C)C)[C@@H]3OC3OC(CO)C(O)C(O)C3O)O[C@H](CO)[C@H](O)[C@@H]2O)[C@H](O)[C@H](O)[C@H]1O. The molecule has 0 aromatic heterocycles. The molecule has 9 rings (SSSR count). The highest BCUT2D eigenvalue weighted by Crippen LogP contribution is 2.76. The Bertz CT molecular complexity index is 2240. The molecule has 26 nitrogen and oxygen atoms in total. The lowest BCUT2D eigenvalue weighted by molar-refractivity contribution is -0.406. The van der Waals surface area contributed by atoms with Gasteiger partial charge < -0.3 is 125 Å². The quantitative estimate of drug-likeness (QED) is 0.0646. The fourth-order valence-electron chi connectivity index (χ4n) is 16.9. The standard InChI is InChI=1S/C54H88O26/c1-19-27(58)30(61)33(64)45(73-19)79-38-32(63)29(60)23(17-56)75-47(38)77-36-35(66)37(44(71)72)78-48(39(36)80-46-34(65)31(62)28(59)22(16-55)74-46)76-26-12-13-51(6)24(50(26,4)5)11-14-52(7)25(51)10-9-20-21-15-49(2,3)40(67)42(69)54(21,18-57)43(70)41(68)53(20,52)8/h9,19,21-43,45-48,55-70H,10-18H2,1-8H3,(H,71,72)/t19-,21-,22?,23+,24-,25+,26-,27-,28?,29-,30+,31?,32-,33+,34?,35-,36-,37-,38+,39+,40-,41-,42-,43+,45-,46?,47-,48+,51-,52+,53-,54+/m0/s1. The molecule has 32 atom stereocenters. The van der Waals surface area contributed by atoms with Crippen molar-refractivity contribution in [2.24, 2.45) is 50.2 Å². The van der Waals surface area contributed by atoms with Gasteiger partial charge in [-0.2, -0.15) is 0 Å². The summed E-state index contributed by atoms with van der Waals surface area (Å²) in [6, 6.07) is 0. The second-order valence-corrected chi connectivity index (χ2v) is 26.6. The summed E-state index contributed by atoms with van der Waals surface area (Å²) in [4.78, 5) is 13.1. The van der Waals surface area contributed by atoms with E-state index < -0.39 is 218 Å². The predicted molar refractivity (Wildman–Crippen MR) is 267 cm³/mol. The average Bonchev–Trinajstić information content (AvgIpc) is 3.10. The summed E-state index contributed by atoms with van der Waals surface area (Å²) < 4.78 is 48.8. The molecule has 4 saturated heterocycles. The lowest BCUT2D eigenvalue weighted by Gasteiger charge is -2.73. The van der Waals surface area contributed by atoms with Crippen LogP contribution in [0.15, 0.2) is 11.6 Å². The number of hydrogen-bond acceptors (Lipinski definition) is 25. The molecule has 4 saturated carbocycles. The number of allylic oxidation sites excluding steroid dienone is 1. The number of carbonyl (C=O) groups is 1. The molecule has 0 bridgehead atoms. The normalized spacial score (nSPS) is 55.7. The molecule has 8 fully saturated rings. The average molecular weight is 1150 g/mol. The van der Waals surface area contributed by atoms with Crippen LogP contribution in [0.25, 0.3) is 0 Å². The zero-order chi connectivity index (χ0) is 59.0. The van der Waals surface area contributed by atoms with Gasteiger partial charge >= 0.3 is 5.97 Å². The van der Waals surface area contributed by atoms with E-state index in [1.807, 2.05) is 34.6 Å². The van der Waals surface area contributed by atoms with E-state index in [4.69, 9.17) is 37.9 Å². The molecule has 0 radical (unpaired) electrons. The summed E-state index contributed by atoms with van der Waals surface area (Å²) in [5.41, 5.74) is -4.75. The van der Waals surface area contributed by atoms with Gasteiger partial charge in [-0.1, -0.05) is 60.1 Å². The van der Waals surface area contributed by atoms with Gasteiger partial charge in [0, 0.05) is 5.41 Å². The van der Waals surface area contributed by atoms with Crippen molar-refractivity contribution in [1.29, 1.82) is 0 Å². The Kier molecular flexibility index (Phi) is 17.4. The molecule has 460 valence electrons. The summed E-state index contributed by atoms with van der Waals surface area (Å²) in [5.74, 6) is -2.66. The molecule has 9 aliphatic rings. The van der Waals surface area contributed by atoms with E-state index in [2.05, 4.69) is 19.9 Å². The molecule has 4 heterocycles. The second kappa shape index (κ2) is 22.2. The first-order chi connectivity index (χ1) is 37.3. The fraction of sp³-hybridized carbons (Fsp3) is 0.944. The molecule has 0 spiro atoms. The van der Waals surface area contributed by atoms with Crippen molar-refractivity contribution in [2.75, 3.05) is 19.8 Å². The molecule has 26 heteroatoms. The fourth-order valence-corrected chi connectivity index (χ4v) is 16.9. The summed E-state index contributed by atoms with van der Waals surface area (Å²) in [6.07, 6.45) is -40.1. The summed E-state index contributed by atoms with van der Waals surface area (Å²) in [5, 5.41) is 189. The van der Waals surface area contributed by atoms with Gasteiger partial charge in [-0.25, -0.2) is 4.79 Å². The Labute approximate surface area is 463 Å². The molecule has 80 heavy (non-hydrogen) atoms. The second-order valence-electron chi connectivity index (χ2n) is 26.6. The van der Waals surface area contributed by atoms with Gasteiger partial charge in [0.1, 0.15) is 85.5 Å². The summed E-state index contributed by atoms with van der Waals surface area (Å²) in [6.45, 7) is 12.7. The number of carboxylic acid groups (broad SMARTS) is 1. The maximum atomic E-state index is 13.1. The number of fused-ring (bicyclic) bond motifs is 7. The van der Waals surface area contributed by atoms with Crippen molar-refractivity contribution >= 4 is 5.97 Å². The molecule has 17 N–H and O–H groups in total. The highest BCUT2D eigenvalue weighted by molar-refractivity contribution is 5.73. The molecule has 4 aliphatic heterocycles. The maximum absolute atomic E-state index is 13.1. The minimum Gasteiger partial charge on any atom is -0.479 e. The highest BCUT2D eigenvalue weighted by atomic mass is 16.8. The summed E-state index contributed by atoms with van der Waals surface area (Å²) >= 11 is 0. The van der Waals surface area contributed by atoms with Crippen molar-refractivity contribution in [3.05, 3.63) is 11.6 Å². The minimum atomic E-state index is -2.29. The van der Waals surface area contributed by atoms with Crippen LogP contribution in [-0.4, -0.2) is 266 Å². The smallest absolute Gasteiger partial charge is 0.335 e. The van der Waals surface area contributed by atoms with Gasteiger partial charge in [0.25, 0.3) is 0 Å². The van der Waals surface area contributed by atoms with Crippen LogP contribution >= 0.6 is 0 Å². The van der Waals surface area contributed by atoms with E-state index in [-0.39, 0.29) is 18.3 Å². The highest BCUT2D eigenvalue weighted by Gasteiger charge is 2.75. The van der Waals surface area contributed by atoms with Crippen LogP contribution in [0.1, 0.15) is 93.9 Å². The first-order valence-electron chi connectivity index (χ1n) is 28.1. The molecule has 5 unspecified atom stereocenters. The lowest BCUT2D eigenvalue weighted by Crippen LogP contribution is -2.76. The van der Waals surface area contributed by atoms with Crippen LogP contribution in [0, 0.1) is 50.2 Å². The predicted octanol–water partition coefficient (Wildman–Crippen LogP) is -4.56. The van der Waals surface area contributed by atoms with Gasteiger partial charge in [-0.3, -0.25) is 0 Å². The Balaban J connectivity index is 1.06. The van der Waals surface area contributed by atoms with Crippen molar-refractivity contribution in [3.63, 3.8) is 0 Å². The van der Waals surface area contributed by atoms with Gasteiger partial charge in [0.15, 0.2) is 31.3 Å². The number of ether oxygens (including phenoxy) is 8. The van der Waals surface area contributed by atoms with Crippen LogP contribution < -0.4 is 0 Å². The molecule has 0 aromatic carbocycles. The van der Waals surface area contributed by atoms with E-state index in [1.165, 1.54) is 6.92 Å². The number of aliphatic hydroxyl groups is 16. The molecule has 0 aromatic rings. The zero-order valence-electron chi connectivity index (χ0n) is 46.4. The third kappa shape index (κ3) is 9.41. The minimum absolute atomic E-state index is 0.144. The van der Waals surface area contributed by atoms with Crippen LogP contribution in [0.4, 0.5) is 0 Å². The van der Waals surface area contributed by atoms with E-state index in [0.717, 1.165) is 5.57 Å². The molecular formula is C54H88O26. The van der Waals surface area contributed by atoms with Crippen molar-refractivity contribution < 1.29 is 130 Å². The van der Waals surface area contributed by atoms with Crippen LogP contribution in [0.5, 0.6) is 0 Å². The van der Waals surface area contributed by atoms with Gasteiger partial charge in [-0.15, -0.1) is 0 Å². The van der Waals surface area contributed by atoms with Crippen LogP contribution in [0.3, 0.4) is 0 Å². The monoisotopic (exact) mass is 1150 g/mol. The molecule has 5 aliphatic carbocycles. The van der Waals surface area contributed by atoms with Crippen molar-refractivity contribution in [3.8, 4) is 0 Å². The topological polar surface area (TPSA) is 435 Å². The number of carboxylic acids is 1. The van der Waals surface area contributed by atoms with Crippen molar-refractivity contribution in [1.82, 2.24) is 0 Å². The number of hydrogen-bond donors (Lipinski definition) is 17. The lowest BCUT2D eigenvalue weighted by atomic mass is 9.32. The van der Waals surface area contributed by atoms with Gasteiger partial charge in [0.2, 0.25) is 0 Å². The first kappa shape index (κ1) is 62.8. The third-order valence-corrected chi connectivity index (χ3v) is 21.9. The summed E-state index contributed by atoms with van der Waals surface area (Å²) in [7, 11) is 0. The Hall–Kier alpha value is -1.75. The number of aliphatic hydroxyl groups excluding tert-OH is 16. The van der Waals surface area contributed by atoms with Crippen LogP contribution in [0.2, 0.25) is 0 Å². The van der Waals surface area contributed by atoms with E-state index in [0.29, 0.717) is 32.1 Å². The zero-order valence-corrected chi connectivity index (χ0v) is 46.4.